The first-order chi connectivity index (χ1) is 5.41. The van der Waals surface area contributed by atoms with Crippen LogP contribution in [-0.2, 0) is 4.74 Å². The summed E-state index contributed by atoms with van der Waals surface area (Å²) in [6.07, 6.45) is 12.3. The number of rotatable bonds is 7. The molecule has 0 aromatic carbocycles. The van der Waals surface area contributed by atoms with Crippen molar-refractivity contribution in [2.24, 2.45) is 0 Å². The van der Waals surface area contributed by atoms with E-state index in [-0.39, 0.29) is 0 Å². The molecule has 0 aliphatic rings. The Labute approximate surface area is 70.1 Å². The molecule has 0 aromatic rings. The van der Waals surface area contributed by atoms with Crippen molar-refractivity contribution in [1.82, 2.24) is 0 Å². The third kappa shape index (κ3) is 9.52. The van der Waals surface area contributed by atoms with Crippen LogP contribution >= 0.6 is 0 Å². The van der Waals surface area contributed by atoms with Gasteiger partial charge < -0.3 is 4.74 Å². The van der Waals surface area contributed by atoms with Gasteiger partial charge in [0.1, 0.15) is 0 Å². The third-order valence-corrected chi connectivity index (χ3v) is 1.67. The SMILES string of the molecule is C#CCCCCCCCOC. The van der Waals surface area contributed by atoms with Crippen LogP contribution in [0.1, 0.15) is 38.5 Å². The predicted molar refractivity (Wildman–Crippen MR) is 48.4 cm³/mol. The number of hydrogen-bond acceptors (Lipinski definition) is 1. The van der Waals surface area contributed by atoms with Gasteiger partial charge in [-0.05, 0) is 12.8 Å². The average Bonchev–Trinajstić information content (AvgIpc) is 2.03. The van der Waals surface area contributed by atoms with Gasteiger partial charge in [0.25, 0.3) is 0 Å². The van der Waals surface area contributed by atoms with E-state index in [2.05, 4.69) is 5.92 Å². The highest BCUT2D eigenvalue weighted by molar-refractivity contribution is 4.82. The van der Waals surface area contributed by atoms with Gasteiger partial charge >= 0.3 is 0 Å². The zero-order valence-electron chi connectivity index (χ0n) is 7.44. The first-order valence-corrected chi connectivity index (χ1v) is 4.34. The Morgan fingerprint density at radius 1 is 1.09 bits per heavy atom. The second-order valence-electron chi connectivity index (χ2n) is 2.71. The van der Waals surface area contributed by atoms with Crippen molar-refractivity contribution >= 4 is 0 Å². The zero-order valence-corrected chi connectivity index (χ0v) is 7.44. The van der Waals surface area contributed by atoms with E-state index in [9.17, 15) is 0 Å². The molecule has 0 unspecified atom stereocenters. The van der Waals surface area contributed by atoms with Crippen LogP contribution in [0.3, 0.4) is 0 Å². The van der Waals surface area contributed by atoms with Crippen molar-refractivity contribution in [2.75, 3.05) is 13.7 Å². The maximum absolute atomic E-state index is 5.12. The Hall–Kier alpha value is -0.480. The number of unbranched alkanes of at least 4 members (excludes halogenated alkanes) is 5. The van der Waals surface area contributed by atoms with Crippen LogP contribution in [0.25, 0.3) is 0 Å². The van der Waals surface area contributed by atoms with E-state index in [4.69, 9.17) is 11.2 Å². The summed E-state index contributed by atoms with van der Waals surface area (Å²) in [5.41, 5.74) is 0. The van der Waals surface area contributed by atoms with Crippen molar-refractivity contribution in [1.29, 1.82) is 0 Å². The van der Waals surface area contributed by atoms with Crippen LogP contribution < -0.4 is 0 Å². The highest BCUT2D eigenvalue weighted by Crippen LogP contribution is 2.04. The average molecular weight is 154 g/mol. The summed E-state index contributed by atoms with van der Waals surface area (Å²) in [6.45, 7) is 0.898. The second kappa shape index (κ2) is 9.52. The third-order valence-electron chi connectivity index (χ3n) is 1.67. The lowest BCUT2D eigenvalue weighted by molar-refractivity contribution is 0.192. The molecule has 0 bridgehead atoms. The van der Waals surface area contributed by atoms with Gasteiger partial charge in [-0.15, -0.1) is 12.3 Å². The van der Waals surface area contributed by atoms with E-state index < -0.39 is 0 Å². The van der Waals surface area contributed by atoms with E-state index in [0.29, 0.717) is 0 Å². The summed E-state index contributed by atoms with van der Waals surface area (Å²) in [5, 5.41) is 0. The minimum Gasteiger partial charge on any atom is -0.385 e. The Balaban J connectivity index is 2.75. The summed E-state index contributed by atoms with van der Waals surface area (Å²) in [6, 6.07) is 0. The van der Waals surface area contributed by atoms with Gasteiger partial charge in [-0.3, -0.25) is 0 Å². The topological polar surface area (TPSA) is 9.23 Å². The van der Waals surface area contributed by atoms with Crippen LogP contribution in [-0.4, -0.2) is 13.7 Å². The Morgan fingerprint density at radius 3 is 2.36 bits per heavy atom. The first kappa shape index (κ1) is 10.5. The Morgan fingerprint density at radius 2 is 1.73 bits per heavy atom. The lowest BCUT2D eigenvalue weighted by Gasteiger charge is -1.98. The first-order valence-electron chi connectivity index (χ1n) is 4.34. The summed E-state index contributed by atoms with van der Waals surface area (Å²) in [4.78, 5) is 0. The van der Waals surface area contributed by atoms with E-state index >= 15 is 0 Å². The molecule has 0 aliphatic carbocycles. The van der Waals surface area contributed by atoms with Crippen LogP contribution in [0.4, 0.5) is 0 Å². The smallest absolute Gasteiger partial charge is 0.0462 e. The van der Waals surface area contributed by atoms with E-state index in [1.165, 1.54) is 32.1 Å². The maximum Gasteiger partial charge on any atom is 0.0462 e. The van der Waals surface area contributed by atoms with Gasteiger partial charge in [0.05, 0.1) is 0 Å². The molecule has 0 aliphatic heterocycles. The minimum absolute atomic E-state index is 0.898. The highest BCUT2D eigenvalue weighted by atomic mass is 16.5. The molecule has 0 aromatic heterocycles. The molecule has 1 heteroatoms. The fraction of sp³-hybridized carbons (Fsp3) is 0.800. The fourth-order valence-corrected chi connectivity index (χ4v) is 1.00. The molecule has 0 saturated heterocycles. The van der Waals surface area contributed by atoms with Crippen molar-refractivity contribution in [2.45, 2.75) is 38.5 Å². The quantitative estimate of drug-likeness (QED) is 0.404. The molecular formula is C10H18O. The molecule has 0 N–H and O–H groups in total. The maximum atomic E-state index is 5.12. The van der Waals surface area contributed by atoms with Gasteiger partial charge in [0.15, 0.2) is 0 Å². The molecule has 0 fully saturated rings. The van der Waals surface area contributed by atoms with Crippen LogP contribution in [0.15, 0.2) is 0 Å². The van der Waals surface area contributed by atoms with Crippen molar-refractivity contribution in [3.05, 3.63) is 0 Å². The van der Waals surface area contributed by atoms with Crippen LogP contribution in [0.5, 0.6) is 0 Å². The van der Waals surface area contributed by atoms with Gasteiger partial charge in [0.2, 0.25) is 0 Å². The molecule has 0 heterocycles. The monoisotopic (exact) mass is 154 g/mol. The molecule has 11 heavy (non-hydrogen) atoms. The van der Waals surface area contributed by atoms with E-state index in [0.717, 1.165) is 13.0 Å². The Bertz CT molecular complexity index is 102. The normalized spacial score (nSPS) is 9.45. The lowest BCUT2D eigenvalue weighted by atomic mass is 10.1. The van der Waals surface area contributed by atoms with Crippen molar-refractivity contribution < 1.29 is 4.74 Å². The fourth-order valence-electron chi connectivity index (χ4n) is 1.00. The molecule has 64 valence electrons. The van der Waals surface area contributed by atoms with Gasteiger partial charge in [-0.1, -0.05) is 19.3 Å². The van der Waals surface area contributed by atoms with Crippen LogP contribution in [0, 0.1) is 12.3 Å². The second-order valence-corrected chi connectivity index (χ2v) is 2.71. The number of terminal acetylenes is 1. The van der Waals surface area contributed by atoms with Crippen molar-refractivity contribution in [3.63, 3.8) is 0 Å². The molecule has 0 rings (SSSR count). The summed E-state index contributed by atoms with van der Waals surface area (Å²) < 4.78 is 4.94. The summed E-state index contributed by atoms with van der Waals surface area (Å²) in [5.74, 6) is 2.65. The van der Waals surface area contributed by atoms with E-state index in [1.807, 2.05) is 0 Å². The Kier molecular flexibility index (Phi) is 9.10. The summed E-state index contributed by atoms with van der Waals surface area (Å²) >= 11 is 0. The standard InChI is InChI=1S/C10H18O/c1-3-4-5-6-7-8-9-10-11-2/h1H,4-10H2,2H3. The summed E-state index contributed by atoms with van der Waals surface area (Å²) in [7, 11) is 1.75. The molecular weight excluding hydrogens is 136 g/mol. The predicted octanol–water partition coefficient (Wildman–Crippen LogP) is 2.61. The van der Waals surface area contributed by atoms with Gasteiger partial charge in [-0.25, -0.2) is 0 Å². The lowest BCUT2D eigenvalue weighted by Crippen LogP contribution is -1.87. The number of methoxy groups -OCH3 is 1. The minimum atomic E-state index is 0.898. The highest BCUT2D eigenvalue weighted by Gasteiger charge is 1.88. The van der Waals surface area contributed by atoms with Gasteiger partial charge in [-0.2, -0.15) is 0 Å². The molecule has 0 spiro atoms. The van der Waals surface area contributed by atoms with Crippen LogP contribution in [0.2, 0.25) is 0 Å². The zero-order chi connectivity index (χ0) is 8.36. The largest absolute Gasteiger partial charge is 0.385 e. The van der Waals surface area contributed by atoms with Gasteiger partial charge in [0, 0.05) is 20.1 Å². The van der Waals surface area contributed by atoms with E-state index in [1.54, 1.807) is 7.11 Å². The van der Waals surface area contributed by atoms with Crippen molar-refractivity contribution in [3.8, 4) is 12.3 Å². The molecule has 1 nitrogen and oxygen atoms in total. The number of ether oxygens (including phenoxy) is 1. The molecule has 0 saturated carbocycles. The molecule has 0 radical (unpaired) electrons. The molecule has 0 amide bonds. The molecule has 0 atom stereocenters. The number of hydrogen-bond donors (Lipinski definition) is 0.